The van der Waals surface area contributed by atoms with Gasteiger partial charge >= 0.3 is 0 Å². The van der Waals surface area contributed by atoms with Crippen molar-refractivity contribution in [3.05, 3.63) is 95.5 Å². The van der Waals surface area contributed by atoms with E-state index in [4.69, 9.17) is 16.3 Å². The summed E-state index contributed by atoms with van der Waals surface area (Å²) in [4.78, 5) is 0. The summed E-state index contributed by atoms with van der Waals surface area (Å²) in [6, 6.07) is 25.7. The number of rotatable bonds is 7. The van der Waals surface area contributed by atoms with Crippen LogP contribution in [0.15, 0.2) is 90.1 Å². The van der Waals surface area contributed by atoms with Gasteiger partial charge in [-0.2, -0.15) is 0 Å². The smallest absolute Gasteiger partial charge is 0.196 e. The zero-order chi connectivity index (χ0) is 20.8. The van der Waals surface area contributed by atoms with E-state index in [1.165, 1.54) is 5.56 Å². The van der Waals surface area contributed by atoms with Gasteiger partial charge in [-0.15, -0.1) is 10.2 Å². The summed E-state index contributed by atoms with van der Waals surface area (Å²) in [7, 11) is 1.66. The maximum atomic E-state index is 6.22. The molecule has 0 aliphatic heterocycles. The van der Waals surface area contributed by atoms with Crippen LogP contribution >= 0.6 is 23.4 Å². The molecule has 0 saturated carbocycles. The molecule has 0 N–H and O–H groups in total. The summed E-state index contributed by atoms with van der Waals surface area (Å²) in [5.74, 6) is 2.23. The first kappa shape index (κ1) is 20.3. The standard InChI is InChI=1S/C24H20ClN3OS/c1-29-22-15-6-5-14-21(22)28-23(19-12-7-13-20(25)17-19)26-27-24(28)30-16-8-11-18-9-3-2-4-10-18/h2-15,17H,16H2,1H3/b11-8+. The van der Waals surface area contributed by atoms with Gasteiger partial charge in [0, 0.05) is 16.3 Å². The van der Waals surface area contributed by atoms with Gasteiger partial charge in [0.05, 0.1) is 12.8 Å². The third-order valence-corrected chi connectivity index (χ3v) is 5.58. The lowest BCUT2D eigenvalue weighted by atomic mass is 10.2. The van der Waals surface area contributed by atoms with Gasteiger partial charge in [0.1, 0.15) is 5.75 Å². The number of ether oxygens (including phenoxy) is 1. The van der Waals surface area contributed by atoms with E-state index >= 15 is 0 Å². The fraction of sp³-hybridized carbons (Fsp3) is 0.0833. The maximum Gasteiger partial charge on any atom is 0.196 e. The Hall–Kier alpha value is -3.02. The molecule has 0 bridgehead atoms. The van der Waals surface area contributed by atoms with Crippen LogP contribution in [-0.2, 0) is 0 Å². The summed E-state index contributed by atoms with van der Waals surface area (Å²) in [6.45, 7) is 0. The molecule has 1 aromatic heterocycles. The number of hydrogen-bond acceptors (Lipinski definition) is 4. The topological polar surface area (TPSA) is 39.9 Å². The average Bonchev–Trinajstić information content (AvgIpc) is 3.21. The Balaban J connectivity index is 1.69. The summed E-state index contributed by atoms with van der Waals surface area (Å²) in [6.07, 6.45) is 4.23. The first-order valence-electron chi connectivity index (χ1n) is 9.45. The van der Waals surface area contributed by atoms with Crippen LogP contribution < -0.4 is 4.74 Å². The quantitative estimate of drug-likeness (QED) is 0.316. The van der Waals surface area contributed by atoms with E-state index in [-0.39, 0.29) is 0 Å². The van der Waals surface area contributed by atoms with Crippen LogP contribution in [0.2, 0.25) is 5.02 Å². The summed E-state index contributed by atoms with van der Waals surface area (Å²) in [5, 5.41) is 10.4. The van der Waals surface area contributed by atoms with E-state index in [0.29, 0.717) is 5.02 Å². The Morgan fingerprint density at radius 2 is 1.77 bits per heavy atom. The molecule has 4 aromatic rings. The lowest BCUT2D eigenvalue weighted by Crippen LogP contribution is -2.02. The minimum absolute atomic E-state index is 0.655. The molecular weight excluding hydrogens is 414 g/mol. The van der Waals surface area contributed by atoms with Crippen LogP contribution in [0, 0.1) is 0 Å². The number of aromatic nitrogens is 3. The Bertz CT molecular complexity index is 1160. The predicted octanol–water partition coefficient (Wildman–Crippen LogP) is 6.40. The third-order valence-electron chi connectivity index (χ3n) is 4.46. The fourth-order valence-corrected chi connectivity index (χ4v) is 4.02. The van der Waals surface area contributed by atoms with E-state index in [1.807, 2.05) is 71.3 Å². The minimum atomic E-state index is 0.655. The molecule has 0 atom stereocenters. The van der Waals surface area contributed by atoms with Gasteiger partial charge in [0.25, 0.3) is 0 Å². The van der Waals surface area contributed by atoms with Crippen molar-refractivity contribution in [1.82, 2.24) is 14.8 Å². The lowest BCUT2D eigenvalue weighted by Gasteiger charge is -2.13. The number of halogens is 1. The maximum absolute atomic E-state index is 6.22. The van der Waals surface area contributed by atoms with Crippen molar-refractivity contribution in [1.29, 1.82) is 0 Å². The molecular formula is C24H20ClN3OS. The molecule has 1 heterocycles. The van der Waals surface area contributed by atoms with Gasteiger partial charge in [-0.25, -0.2) is 0 Å². The van der Waals surface area contributed by atoms with Gasteiger partial charge in [-0.1, -0.05) is 90.1 Å². The van der Waals surface area contributed by atoms with Gasteiger partial charge in [-0.05, 0) is 29.8 Å². The minimum Gasteiger partial charge on any atom is -0.495 e. The Labute approximate surface area is 185 Å². The molecule has 4 nitrogen and oxygen atoms in total. The number of hydrogen-bond donors (Lipinski definition) is 0. The van der Waals surface area contributed by atoms with Crippen LogP contribution in [0.3, 0.4) is 0 Å². The van der Waals surface area contributed by atoms with E-state index in [2.05, 4.69) is 34.5 Å². The normalized spacial score (nSPS) is 11.1. The molecule has 0 spiro atoms. The SMILES string of the molecule is COc1ccccc1-n1c(SC/C=C/c2ccccc2)nnc1-c1cccc(Cl)c1. The van der Waals surface area contributed by atoms with Gasteiger partial charge < -0.3 is 4.74 Å². The second-order valence-corrected chi connectivity index (χ2v) is 7.87. The monoisotopic (exact) mass is 433 g/mol. The molecule has 3 aromatic carbocycles. The second-order valence-electron chi connectivity index (χ2n) is 6.45. The molecule has 4 rings (SSSR count). The molecule has 0 fully saturated rings. The first-order chi connectivity index (χ1) is 14.8. The van der Waals surface area contributed by atoms with Crippen LogP contribution in [0.25, 0.3) is 23.2 Å². The number of benzene rings is 3. The lowest BCUT2D eigenvalue weighted by molar-refractivity contribution is 0.412. The highest BCUT2D eigenvalue weighted by molar-refractivity contribution is 7.99. The van der Waals surface area contributed by atoms with E-state index in [0.717, 1.165) is 33.7 Å². The van der Waals surface area contributed by atoms with Gasteiger partial charge in [-0.3, -0.25) is 4.57 Å². The van der Waals surface area contributed by atoms with Gasteiger partial charge in [0.2, 0.25) is 0 Å². The summed E-state index contributed by atoms with van der Waals surface area (Å²) in [5.41, 5.74) is 2.95. The van der Waals surface area contributed by atoms with Crippen LogP contribution in [0.1, 0.15) is 5.56 Å². The van der Waals surface area contributed by atoms with Crippen LogP contribution in [-0.4, -0.2) is 27.6 Å². The zero-order valence-corrected chi connectivity index (χ0v) is 18.0. The van der Waals surface area contributed by atoms with E-state index in [9.17, 15) is 0 Å². The average molecular weight is 434 g/mol. The van der Waals surface area contributed by atoms with Crippen molar-refractivity contribution < 1.29 is 4.74 Å². The number of methoxy groups -OCH3 is 1. The van der Waals surface area contributed by atoms with E-state index < -0.39 is 0 Å². The Morgan fingerprint density at radius 3 is 2.57 bits per heavy atom. The molecule has 0 aliphatic rings. The highest BCUT2D eigenvalue weighted by Crippen LogP contribution is 2.33. The van der Waals surface area contributed by atoms with Crippen LogP contribution in [0.5, 0.6) is 5.75 Å². The Kier molecular flexibility index (Phi) is 6.52. The molecule has 30 heavy (non-hydrogen) atoms. The van der Waals surface area contributed by atoms with Crippen LogP contribution in [0.4, 0.5) is 0 Å². The number of nitrogens with zero attached hydrogens (tertiary/aromatic N) is 3. The predicted molar refractivity (Wildman–Crippen MR) is 125 cm³/mol. The molecule has 0 radical (unpaired) electrons. The van der Waals surface area contributed by atoms with Crippen molar-refractivity contribution in [2.45, 2.75) is 5.16 Å². The highest BCUT2D eigenvalue weighted by atomic mass is 35.5. The molecule has 6 heteroatoms. The Morgan fingerprint density at radius 1 is 0.967 bits per heavy atom. The highest BCUT2D eigenvalue weighted by Gasteiger charge is 2.18. The number of thioether (sulfide) groups is 1. The molecule has 0 unspecified atom stereocenters. The van der Waals surface area contributed by atoms with Gasteiger partial charge in [0.15, 0.2) is 11.0 Å². The van der Waals surface area contributed by atoms with Crippen molar-refractivity contribution in [2.24, 2.45) is 0 Å². The number of para-hydroxylation sites is 2. The van der Waals surface area contributed by atoms with E-state index in [1.54, 1.807) is 18.9 Å². The largest absolute Gasteiger partial charge is 0.495 e. The third kappa shape index (κ3) is 4.58. The fourth-order valence-electron chi connectivity index (χ4n) is 3.08. The van der Waals surface area contributed by atoms with Crippen molar-refractivity contribution in [3.63, 3.8) is 0 Å². The summed E-state index contributed by atoms with van der Waals surface area (Å²) < 4.78 is 7.62. The molecule has 150 valence electrons. The molecule has 0 saturated heterocycles. The van der Waals surface area contributed by atoms with Crippen molar-refractivity contribution in [2.75, 3.05) is 12.9 Å². The van der Waals surface area contributed by atoms with Crippen molar-refractivity contribution >= 4 is 29.4 Å². The molecule has 0 aliphatic carbocycles. The zero-order valence-electron chi connectivity index (χ0n) is 16.4. The first-order valence-corrected chi connectivity index (χ1v) is 10.8. The molecule has 0 amide bonds. The summed E-state index contributed by atoms with van der Waals surface area (Å²) >= 11 is 7.84. The van der Waals surface area contributed by atoms with Crippen molar-refractivity contribution in [3.8, 4) is 22.8 Å². The second kappa shape index (κ2) is 9.65.